The number of aryl methyl sites for hydroxylation is 1. The molecule has 3 aromatic rings. The van der Waals surface area contributed by atoms with Crippen LogP contribution in [0.15, 0.2) is 30.6 Å². The lowest BCUT2D eigenvalue weighted by Gasteiger charge is -2.13. The van der Waals surface area contributed by atoms with Crippen molar-refractivity contribution in [3.63, 3.8) is 0 Å². The van der Waals surface area contributed by atoms with Gasteiger partial charge in [-0.15, -0.1) is 0 Å². The molecule has 3 heterocycles. The van der Waals surface area contributed by atoms with Crippen LogP contribution in [0.25, 0.3) is 11.2 Å². The van der Waals surface area contributed by atoms with Crippen LogP contribution in [-0.2, 0) is 6.42 Å². The molecule has 6 heteroatoms. The molecule has 6 nitrogen and oxygen atoms in total. The predicted molar refractivity (Wildman–Crippen MR) is 96.3 cm³/mol. The van der Waals surface area contributed by atoms with Gasteiger partial charge in [-0.1, -0.05) is 6.08 Å². The van der Waals surface area contributed by atoms with E-state index in [4.69, 9.17) is 10.1 Å². The molecule has 2 aliphatic carbocycles. The third-order valence-corrected chi connectivity index (χ3v) is 5.06. The fourth-order valence-electron chi connectivity index (χ4n) is 3.48. The van der Waals surface area contributed by atoms with Crippen LogP contribution in [-0.4, -0.2) is 30.6 Å². The minimum absolute atomic E-state index is 0.445. The number of anilines is 1. The third-order valence-electron chi connectivity index (χ3n) is 5.06. The SMILES string of the molecule is Cc1cn2nc(C3=CCc4nc(N[C@H](C)C5CC5)ncc43)ccc2n1. The van der Waals surface area contributed by atoms with E-state index in [0.29, 0.717) is 6.04 Å². The molecular weight excluding hydrogens is 312 g/mol. The van der Waals surface area contributed by atoms with E-state index in [0.717, 1.165) is 52.2 Å². The van der Waals surface area contributed by atoms with Gasteiger partial charge in [0.1, 0.15) is 0 Å². The molecule has 0 bridgehead atoms. The Balaban J connectivity index is 1.45. The van der Waals surface area contributed by atoms with Crippen molar-refractivity contribution in [1.29, 1.82) is 0 Å². The van der Waals surface area contributed by atoms with Crippen LogP contribution in [0.4, 0.5) is 5.95 Å². The number of nitrogens with one attached hydrogen (secondary N) is 1. The molecule has 1 saturated carbocycles. The van der Waals surface area contributed by atoms with E-state index in [1.165, 1.54) is 12.8 Å². The Morgan fingerprint density at radius 2 is 2.12 bits per heavy atom. The van der Waals surface area contributed by atoms with Crippen LogP contribution in [0.2, 0.25) is 0 Å². The van der Waals surface area contributed by atoms with E-state index in [-0.39, 0.29) is 0 Å². The Morgan fingerprint density at radius 1 is 1.24 bits per heavy atom. The van der Waals surface area contributed by atoms with Crippen LogP contribution >= 0.6 is 0 Å². The number of imidazole rings is 1. The number of hydrogen-bond donors (Lipinski definition) is 1. The Bertz CT molecular complexity index is 998. The molecule has 0 radical (unpaired) electrons. The molecule has 2 aliphatic rings. The molecule has 0 amide bonds. The maximum atomic E-state index is 4.72. The second kappa shape index (κ2) is 5.37. The normalized spacial score (nSPS) is 17.4. The topological polar surface area (TPSA) is 68.0 Å². The minimum atomic E-state index is 0.445. The fourth-order valence-corrected chi connectivity index (χ4v) is 3.48. The van der Waals surface area contributed by atoms with Gasteiger partial charge in [0.2, 0.25) is 5.95 Å². The average molecular weight is 332 g/mol. The summed E-state index contributed by atoms with van der Waals surface area (Å²) in [6.07, 6.45) is 9.50. The van der Waals surface area contributed by atoms with Crippen molar-refractivity contribution in [1.82, 2.24) is 24.6 Å². The summed E-state index contributed by atoms with van der Waals surface area (Å²) in [6.45, 7) is 4.19. The van der Waals surface area contributed by atoms with E-state index in [9.17, 15) is 0 Å². The van der Waals surface area contributed by atoms with Crippen molar-refractivity contribution in [2.24, 2.45) is 5.92 Å². The molecule has 1 fully saturated rings. The molecule has 0 aromatic carbocycles. The lowest BCUT2D eigenvalue weighted by molar-refractivity contribution is 0.685. The molecule has 0 unspecified atom stereocenters. The molecule has 5 rings (SSSR count). The lowest BCUT2D eigenvalue weighted by Crippen LogP contribution is -2.19. The molecule has 3 aromatic heterocycles. The maximum absolute atomic E-state index is 4.72. The van der Waals surface area contributed by atoms with Gasteiger partial charge in [0.25, 0.3) is 0 Å². The van der Waals surface area contributed by atoms with Crippen molar-refractivity contribution in [2.75, 3.05) is 5.32 Å². The zero-order valence-electron chi connectivity index (χ0n) is 14.4. The standard InChI is InChI=1S/C19H20N6/c1-11-10-25-18(21-11)8-7-17(24-25)14-5-6-16-15(14)9-20-19(23-16)22-12(2)13-3-4-13/h5,7-10,12-13H,3-4,6H2,1-2H3,(H,20,22,23)/t12-/m1/s1. The summed E-state index contributed by atoms with van der Waals surface area (Å²) in [4.78, 5) is 13.7. The summed E-state index contributed by atoms with van der Waals surface area (Å²) in [5.74, 6) is 1.52. The van der Waals surface area contributed by atoms with Crippen LogP contribution in [0.5, 0.6) is 0 Å². The highest BCUT2D eigenvalue weighted by atomic mass is 15.2. The first-order valence-electron chi connectivity index (χ1n) is 8.84. The fraction of sp³-hybridized carbons (Fsp3) is 0.368. The van der Waals surface area contributed by atoms with Gasteiger partial charge in [0.05, 0.1) is 23.3 Å². The second-order valence-corrected chi connectivity index (χ2v) is 7.05. The predicted octanol–water partition coefficient (Wildman–Crippen LogP) is 3.03. The van der Waals surface area contributed by atoms with Gasteiger partial charge in [-0.2, -0.15) is 5.10 Å². The van der Waals surface area contributed by atoms with Gasteiger partial charge in [0.15, 0.2) is 5.65 Å². The molecule has 0 aliphatic heterocycles. The van der Waals surface area contributed by atoms with E-state index >= 15 is 0 Å². The quantitative estimate of drug-likeness (QED) is 0.795. The maximum Gasteiger partial charge on any atom is 0.223 e. The summed E-state index contributed by atoms with van der Waals surface area (Å²) in [6, 6.07) is 4.46. The Hall–Kier alpha value is -2.76. The van der Waals surface area contributed by atoms with Crippen molar-refractivity contribution < 1.29 is 0 Å². The van der Waals surface area contributed by atoms with Crippen LogP contribution in [0.3, 0.4) is 0 Å². The highest BCUT2D eigenvalue weighted by Crippen LogP contribution is 2.34. The molecule has 1 atom stereocenters. The summed E-state index contributed by atoms with van der Waals surface area (Å²) >= 11 is 0. The molecule has 126 valence electrons. The van der Waals surface area contributed by atoms with E-state index < -0.39 is 0 Å². The monoisotopic (exact) mass is 332 g/mol. The zero-order chi connectivity index (χ0) is 17.0. The first kappa shape index (κ1) is 14.6. The van der Waals surface area contributed by atoms with Gasteiger partial charge in [-0.05, 0) is 44.7 Å². The van der Waals surface area contributed by atoms with Crippen molar-refractivity contribution in [3.05, 3.63) is 53.2 Å². The molecular formula is C19H20N6. The number of fused-ring (bicyclic) bond motifs is 2. The third kappa shape index (κ3) is 2.58. The summed E-state index contributed by atoms with van der Waals surface area (Å²) < 4.78 is 1.83. The van der Waals surface area contributed by atoms with Gasteiger partial charge in [-0.25, -0.2) is 19.5 Å². The Labute approximate surface area is 146 Å². The number of nitrogens with zero attached hydrogens (tertiary/aromatic N) is 5. The lowest BCUT2D eigenvalue weighted by atomic mass is 10.1. The van der Waals surface area contributed by atoms with Crippen molar-refractivity contribution in [2.45, 2.75) is 39.2 Å². The van der Waals surface area contributed by atoms with Gasteiger partial charge in [0, 0.05) is 29.8 Å². The smallest absolute Gasteiger partial charge is 0.223 e. The first-order chi connectivity index (χ1) is 12.2. The zero-order valence-corrected chi connectivity index (χ0v) is 14.4. The van der Waals surface area contributed by atoms with Gasteiger partial charge in [-0.3, -0.25) is 0 Å². The molecule has 0 saturated heterocycles. The van der Waals surface area contributed by atoms with E-state index in [1.54, 1.807) is 0 Å². The Kier molecular flexibility index (Phi) is 3.13. The van der Waals surface area contributed by atoms with Crippen LogP contribution in [0, 0.1) is 12.8 Å². The highest BCUT2D eigenvalue weighted by Gasteiger charge is 2.28. The van der Waals surface area contributed by atoms with Gasteiger partial charge < -0.3 is 5.32 Å². The number of allylic oxidation sites excluding steroid dienone is 1. The number of hydrogen-bond acceptors (Lipinski definition) is 5. The first-order valence-corrected chi connectivity index (χ1v) is 8.84. The number of rotatable bonds is 4. The largest absolute Gasteiger partial charge is 0.351 e. The highest BCUT2D eigenvalue weighted by molar-refractivity contribution is 5.82. The van der Waals surface area contributed by atoms with Crippen LogP contribution in [0.1, 0.15) is 42.4 Å². The average Bonchev–Trinajstić information content (AvgIpc) is 3.27. The molecule has 25 heavy (non-hydrogen) atoms. The summed E-state index contributed by atoms with van der Waals surface area (Å²) in [7, 11) is 0. The van der Waals surface area contributed by atoms with Crippen LogP contribution < -0.4 is 5.32 Å². The summed E-state index contributed by atoms with van der Waals surface area (Å²) in [5.41, 5.74) is 6.01. The number of aromatic nitrogens is 5. The Morgan fingerprint density at radius 3 is 2.96 bits per heavy atom. The van der Waals surface area contributed by atoms with Gasteiger partial charge >= 0.3 is 0 Å². The summed E-state index contributed by atoms with van der Waals surface area (Å²) in [5, 5.41) is 8.14. The minimum Gasteiger partial charge on any atom is -0.351 e. The van der Waals surface area contributed by atoms with E-state index in [2.05, 4.69) is 28.3 Å². The van der Waals surface area contributed by atoms with E-state index in [1.807, 2.05) is 36.0 Å². The second-order valence-electron chi connectivity index (χ2n) is 7.05. The van der Waals surface area contributed by atoms with Crippen molar-refractivity contribution >= 4 is 17.2 Å². The molecule has 0 spiro atoms. The van der Waals surface area contributed by atoms with Crippen molar-refractivity contribution in [3.8, 4) is 0 Å². The molecule has 1 N–H and O–H groups in total.